The van der Waals surface area contributed by atoms with Crippen molar-refractivity contribution in [3.05, 3.63) is 23.9 Å². The molecule has 0 bridgehead atoms. The third-order valence-electron chi connectivity index (χ3n) is 4.41. The standard InChI is InChI=1S/C19H32N4O2/c1-15(2)6-4-7-16(3)22-19(24)21-14-17-8-5-9-20-18(17)23-10-12-25-13-11-23/h5,8-9,15-16H,4,6-7,10-14H2,1-3H3,(H2,21,22,24). The summed E-state index contributed by atoms with van der Waals surface area (Å²) in [6, 6.07) is 4.00. The molecule has 0 spiro atoms. The van der Waals surface area contributed by atoms with Crippen molar-refractivity contribution in [2.75, 3.05) is 31.2 Å². The average molecular weight is 348 g/mol. The van der Waals surface area contributed by atoms with E-state index in [4.69, 9.17) is 4.74 Å². The molecule has 1 unspecified atom stereocenters. The molecule has 1 saturated heterocycles. The normalized spacial score (nSPS) is 15.9. The Bertz CT molecular complexity index is 530. The van der Waals surface area contributed by atoms with E-state index in [0.717, 1.165) is 50.5 Å². The summed E-state index contributed by atoms with van der Waals surface area (Å²) in [5.41, 5.74) is 1.03. The molecular formula is C19H32N4O2. The summed E-state index contributed by atoms with van der Waals surface area (Å²) >= 11 is 0. The highest BCUT2D eigenvalue weighted by Gasteiger charge is 2.16. The van der Waals surface area contributed by atoms with Crippen molar-refractivity contribution in [3.8, 4) is 0 Å². The van der Waals surface area contributed by atoms with Gasteiger partial charge < -0.3 is 20.3 Å². The lowest BCUT2D eigenvalue weighted by Crippen LogP contribution is -2.41. The fourth-order valence-corrected chi connectivity index (χ4v) is 2.98. The zero-order chi connectivity index (χ0) is 18.1. The number of pyridine rings is 1. The predicted octanol–water partition coefficient (Wildman–Crippen LogP) is 2.93. The maximum Gasteiger partial charge on any atom is 0.315 e. The van der Waals surface area contributed by atoms with Gasteiger partial charge in [-0.25, -0.2) is 9.78 Å². The first-order valence-corrected chi connectivity index (χ1v) is 9.37. The first-order valence-electron chi connectivity index (χ1n) is 9.37. The molecule has 2 rings (SSSR count). The molecule has 1 fully saturated rings. The highest BCUT2D eigenvalue weighted by atomic mass is 16.5. The van der Waals surface area contributed by atoms with Crippen LogP contribution >= 0.6 is 0 Å². The first-order chi connectivity index (χ1) is 12.1. The highest BCUT2D eigenvalue weighted by molar-refractivity contribution is 5.74. The van der Waals surface area contributed by atoms with E-state index in [1.165, 1.54) is 6.42 Å². The van der Waals surface area contributed by atoms with Crippen molar-refractivity contribution in [2.45, 2.75) is 52.6 Å². The molecule has 6 heteroatoms. The first kappa shape index (κ1) is 19.5. The second-order valence-electron chi connectivity index (χ2n) is 7.14. The van der Waals surface area contributed by atoms with Crippen molar-refractivity contribution < 1.29 is 9.53 Å². The van der Waals surface area contributed by atoms with Gasteiger partial charge in [-0.15, -0.1) is 0 Å². The zero-order valence-corrected chi connectivity index (χ0v) is 15.8. The summed E-state index contributed by atoms with van der Waals surface area (Å²) in [4.78, 5) is 18.8. The van der Waals surface area contributed by atoms with Crippen LogP contribution in [-0.2, 0) is 11.3 Å². The SMILES string of the molecule is CC(C)CCCC(C)NC(=O)NCc1cccnc1N1CCOCC1. The van der Waals surface area contributed by atoms with Crippen molar-refractivity contribution in [2.24, 2.45) is 5.92 Å². The minimum atomic E-state index is -0.117. The number of nitrogens with zero attached hydrogens (tertiary/aromatic N) is 2. The number of hydrogen-bond acceptors (Lipinski definition) is 4. The third kappa shape index (κ3) is 6.90. The quantitative estimate of drug-likeness (QED) is 0.758. The lowest BCUT2D eigenvalue weighted by molar-refractivity contribution is 0.122. The number of hydrogen-bond donors (Lipinski definition) is 2. The summed E-state index contributed by atoms with van der Waals surface area (Å²) in [6.07, 6.45) is 5.15. The van der Waals surface area contributed by atoms with E-state index in [-0.39, 0.29) is 12.1 Å². The molecular weight excluding hydrogens is 316 g/mol. The van der Waals surface area contributed by atoms with Crippen LogP contribution in [0.15, 0.2) is 18.3 Å². The average Bonchev–Trinajstić information content (AvgIpc) is 2.60. The molecule has 1 atom stereocenters. The summed E-state index contributed by atoms with van der Waals surface area (Å²) in [6.45, 7) is 10.1. The van der Waals surface area contributed by atoms with Crippen LogP contribution < -0.4 is 15.5 Å². The summed E-state index contributed by atoms with van der Waals surface area (Å²) in [7, 11) is 0. The molecule has 2 amide bonds. The van der Waals surface area contributed by atoms with Crippen LogP contribution in [0.4, 0.5) is 10.6 Å². The molecule has 1 aromatic rings. The molecule has 140 valence electrons. The summed E-state index contributed by atoms with van der Waals surface area (Å²) < 4.78 is 5.40. The van der Waals surface area contributed by atoms with E-state index in [1.54, 1.807) is 6.20 Å². The number of ether oxygens (including phenoxy) is 1. The Labute approximate surface area is 151 Å². The summed E-state index contributed by atoms with van der Waals surface area (Å²) in [5.74, 6) is 1.65. The van der Waals surface area contributed by atoms with Gasteiger partial charge in [0.1, 0.15) is 5.82 Å². The molecule has 0 saturated carbocycles. The van der Waals surface area contributed by atoms with Gasteiger partial charge in [0.2, 0.25) is 0 Å². The van der Waals surface area contributed by atoms with Gasteiger partial charge >= 0.3 is 6.03 Å². The maximum atomic E-state index is 12.1. The Morgan fingerprint density at radius 2 is 2.04 bits per heavy atom. The lowest BCUT2D eigenvalue weighted by Gasteiger charge is -2.29. The molecule has 6 nitrogen and oxygen atoms in total. The fraction of sp³-hybridized carbons (Fsp3) is 0.684. The van der Waals surface area contributed by atoms with Gasteiger partial charge in [-0.2, -0.15) is 0 Å². The number of nitrogens with one attached hydrogen (secondary N) is 2. The Balaban J connectivity index is 1.79. The monoisotopic (exact) mass is 348 g/mol. The number of carbonyl (C=O) groups excluding carboxylic acids is 1. The van der Waals surface area contributed by atoms with Gasteiger partial charge in [0.05, 0.1) is 13.2 Å². The van der Waals surface area contributed by atoms with Gasteiger partial charge in [-0.1, -0.05) is 32.8 Å². The topological polar surface area (TPSA) is 66.5 Å². The molecule has 2 heterocycles. The minimum absolute atomic E-state index is 0.117. The van der Waals surface area contributed by atoms with Gasteiger partial charge in [0, 0.05) is 37.4 Å². The summed E-state index contributed by atoms with van der Waals surface area (Å²) in [5, 5.41) is 5.98. The van der Waals surface area contributed by atoms with Crippen molar-refractivity contribution in [1.29, 1.82) is 0 Å². The van der Waals surface area contributed by atoms with Crippen LogP contribution in [0.25, 0.3) is 0 Å². The molecule has 25 heavy (non-hydrogen) atoms. The number of aromatic nitrogens is 1. The number of amides is 2. The van der Waals surface area contributed by atoms with Crippen molar-refractivity contribution in [3.63, 3.8) is 0 Å². The van der Waals surface area contributed by atoms with E-state index in [0.29, 0.717) is 12.5 Å². The Morgan fingerprint density at radius 3 is 2.76 bits per heavy atom. The van der Waals surface area contributed by atoms with Crippen molar-refractivity contribution >= 4 is 11.8 Å². The van der Waals surface area contributed by atoms with E-state index in [1.807, 2.05) is 12.1 Å². The smallest absolute Gasteiger partial charge is 0.315 e. The Hall–Kier alpha value is -1.82. The maximum absolute atomic E-state index is 12.1. The van der Waals surface area contributed by atoms with Gasteiger partial charge in [0.25, 0.3) is 0 Å². The number of anilines is 1. The van der Waals surface area contributed by atoms with E-state index < -0.39 is 0 Å². The second kappa shape index (κ2) is 10.2. The van der Waals surface area contributed by atoms with Crippen molar-refractivity contribution in [1.82, 2.24) is 15.6 Å². The molecule has 1 aromatic heterocycles. The minimum Gasteiger partial charge on any atom is -0.378 e. The second-order valence-corrected chi connectivity index (χ2v) is 7.14. The van der Waals surface area contributed by atoms with Crippen LogP contribution in [-0.4, -0.2) is 43.4 Å². The molecule has 1 aliphatic rings. The zero-order valence-electron chi connectivity index (χ0n) is 15.8. The molecule has 1 aliphatic heterocycles. The third-order valence-corrected chi connectivity index (χ3v) is 4.41. The number of urea groups is 1. The van der Waals surface area contributed by atoms with Crippen LogP contribution in [0, 0.1) is 5.92 Å². The van der Waals surface area contributed by atoms with Gasteiger partial charge in [0.15, 0.2) is 0 Å². The van der Waals surface area contributed by atoms with Crippen LogP contribution in [0.2, 0.25) is 0 Å². The van der Waals surface area contributed by atoms with Crippen LogP contribution in [0.1, 0.15) is 45.6 Å². The van der Waals surface area contributed by atoms with Gasteiger partial charge in [-0.05, 0) is 25.3 Å². The largest absolute Gasteiger partial charge is 0.378 e. The van der Waals surface area contributed by atoms with E-state index in [9.17, 15) is 4.79 Å². The van der Waals surface area contributed by atoms with E-state index in [2.05, 4.69) is 41.3 Å². The van der Waals surface area contributed by atoms with E-state index >= 15 is 0 Å². The Kier molecular flexibility index (Phi) is 7.98. The molecule has 2 N–H and O–H groups in total. The number of morpholine rings is 1. The van der Waals surface area contributed by atoms with Crippen LogP contribution in [0.5, 0.6) is 0 Å². The van der Waals surface area contributed by atoms with Gasteiger partial charge in [-0.3, -0.25) is 0 Å². The fourth-order valence-electron chi connectivity index (χ4n) is 2.98. The molecule has 0 aliphatic carbocycles. The molecule has 0 radical (unpaired) electrons. The predicted molar refractivity (Wildman–Crippen MR) is 101 cm³/mol. The molecule has 0 aromatic carbocycles. The highest BCUT2D eigenvalue weighted by Crippen LogP contribution is 2.18. The lowest BCUT2D eigenvalue weighted by atomic mass is 10.0. The number of carbonyl (C=O) groups is 1. The van der Waals surface area contributed by atoms with Crippen LogP contribution in [0.3, 0.4) is 0 Å². The number of rotatable bonds is 8. The Morgan fingerprint density at radius 1 is 1.28 bits per heavy atom.